The van der Waals surface area contributed by atoms with Crippen LogP contribution in [0, 0.1) is 0 Å². The summed E-state index contributed by atoms with van der Waals surface area (Å²) < 4.78 is 66.7. The van der Waals surface area contributed by atoms with Crippen LogP contribution in [0.25, 0.3) is 22.2 Å². The van der Waals surface area contributed by atoms with Gasteiger partial charge in [-0.2, -0.15) is 9.40 Å². The second kappa shape index (κ2) is 7.78. The molecule has 3 aromatic rings. The largest absolute Gasteiger partial charge is 0.573 e. The summed E-state index contributed by atoms with van der Waals surface area (Å²) in [4.78, 5) is 12.6. The Balaban J connectivity index is 1.53. The Morgan fingerprint density at radius 3 is 2.41 bits per heavy atom. The molecule has 2 heterocycles. The van der Waals surface area contributed by atoms with Crippen LogP contribution in [0.3, 0.4) is 0 Å². The van der Waals surface area contributed by atoms with E-state index in [1.807, 2.05) is 0 Å². The Bertz CT molecular complexity index is 1280. The minimum atomic E-state index is -4.77. The summed E-state index contributed by atoms with van der Waals surface area (Å²) in [6.45, 7) is 0.466. The molecule has 170 valence electrons. The second-order valence-corrected chi connectivity index (χ2v) is 9.51. The Kier molecular flexibility index (Phi) is 5.37. The fraction of sp³-hybridized carbons (Fsp3) is 0.300. The maximum Gasteiger partial charge on any atom is 0.573 e. The molecule has 0 saturated carbocycles. The highest BCUT2D eigenvalue weighted by Gasteiger charge is 2.34. The summed E-state index contributed by atoms with van der Waals surface area (Å²) in [6, 6.07) is 10.1. The van der Waals surface area contributed by atoms with Crippen LogP contribution < -0.4 is 10.1 Å². The predicted octanol–water partition coefficient (Wildman–Crippen LogP) is 2.51. The van der Waals surface area contributed by atoms with Crippen molar-refractivity contribution in [2.45, 2.75) is 12.4 Å². The van der Waals surface area contributed by atoms with Crippen molar-refractivity contribution in [3.8, 4) is 17.0 Å². The van der Waals surface area contributed by atoms with Gasteiger partial charge in [-0.1, -0.05) is 0 Å². The van der Waals surface area contributed by atoms with Crippen molar-refractivity contribution in [3.63, 3.8) is 0 Å². The molecule has 0 atom stereocenters. The number of halogens is 3. The molecule has 8 nitrogen and oxygen atoms in total. The number of nitrogens with one attached hydrogen (secondary N) is 1. The van der Waals surface area contributed by atoms with Crippen LogP contribution in [0.1, 0.15) is 10.4 Å². The van der Waals surface area contributed by atoms with Crippen LogP contribution in [0.5, 0.6) is 5.75 Å². The third-order valence-electron chi connectivity index (χ3n) is 5.13. The number of sulfonamides is 1. The first-order chi connectivity index (χ1) is 14.9. The standard InChI is InChI=1S/C20H19F3N4O4S/c1-26-17-9-13(19(28)24-14-10-27(11-14)32(2,29)30)5-8-16(17)18(25-26)12-3-6-15(7-4-12)31-20(21,22)23/h3-9,14H,10-11H2,1-2H3,(H,24,28). The van der Waals surface area contributed by atoms with Gasteiger partial charge in [-0.25, -0.2) is 8.42 Å². The maximum absolute atomic E-state index is 12.6. The number of amides is 1. The van der Waals surface area contributed by atoms with Gasteiger partial charge < -0.3 is 10.1 Å². The highest BCUT2D eigenvalue weighted by molar-refractivity contribution is 7.88. The van der Waals surface area contributed by atoms with E-state index < -0.39 is 16.4 Å². The molecular weight excluding hydrogens is 449 g/mol. The number of aromatic nitrogens is 2. The molecule has 12 heteroatoms. The molecular formula is C20H19F3N4O4S. The van der Waals surface area contributed by atoms with Gasteiger partial charge in [0.2, 0.25) is 10.0 Å². The lowest BCUT2D eigenvalue weighted by Gasteiger charge is -2.37. The Hall–Kier alpha value is -3.12. The van der Waals surface area contributed by atoms with Gasteiger partial charge in [-0.3, -0.25) is 9.48 Å². The van der Waals surface area contributed by atoms with E-state index in [9.17, 15) is 26.4 Å². The van der Waals surface area contributed by atoms with Crippen LogP contribution in [-0.2, 0) is 17.1 Å². The number of carbonyl (C=O) groups is 1. The fourth-order valence-corrected chi connectivity index (χ4v) is 4.40. The number of benzene rings is 2. The zero-order valence-corrected chi connectivity index (χ0v) is 17.9. The van der Waals surface area contributed by atoms with Crippen molar-refractivity contribution in [1.82, 2.24) is 19.4 Å². The molecule has 1 N–H and O–H groups in total. The maximum atomic E-state index is 12.6. The van der Waals surface area contributed by atoms with Crippen LogP contribution in [0.2, 0.25) is 0 Å². The Morgan fingerprint density at radius 1 is 1.16 bits per heavy atom. The number of hydrogen-bond acceptors (Lipinski definition) is 5. The summed E-state index contributed by atoms with van der Waals surface area (Å²) in [7, 11) is -1.56. The lowest BCUT2D eigenvalue weighted by Crippen LogP contribution is -2.60. The second-order valence-electron chi connectivity index (χ2n) is 7.53. The number of aryl methyl sites for hydroxylation is 1. The molecule has 0 spiro atoms. The molecule has 32 heavy (non-hydrogen) atoms. The van der Waals surface area contributed by atoms with E-state index in [2.05, 4.69) is 15.2 Å². The minimum absolute atomic E-state index is 0.233. The number of ether oxygens (including phenoxy) is 1. The summed E-state index contributed by atoms with van der Waals surface area (Å²) in [5.41, 5.74) is 2.20. The van der Waals surface area contributed by atoms with Gasteiger partial charge in [-0.05, 0) is 42.5 Å². The molecule has 0 bridgehead atoms. The molecule has 4 rings (SSSR count). The molecule has 1 aliphatic heterocycles. The summed E-state index contributed by atoms with van der Waals surface area (Å²) in [5, 5.41) is 7.96. The van der Waals surface area contributed by atoms with Gasteiger partial charge in [0, 0.05) is 36.7 Å². The molecule has 1 amide bonds. The van der Waals surface area contributed by atoms with Gasteiger partial charge >= 0.3 is 6.36 Å². The van der Waals surface area contributed by atoms with Gasteiger partial charge in [-0.15, -0.1) is 13.2 Å². The summed E-state index contributed by atoms with van der Waals surface area (Å²) in [6.07, 6.45) is -3.64. The van der Waals surface area contributed by atoms with Crippen molar-refractivity contribution >= 4 is 26.8 Å². The molecule has 0 unspecified atom stereocenters. The zero-order chi connectivity index (χ0) is 23.3. The van der Waals surface area contributed by atoms with Gasteiger partial charge in [0.15, 0.2) is 0 Å². The predicted molar refractivity (Wildman–Crippen MR) is 111 cm³/mol. The van der Waals surface area contributed by atoms with E-state index in [1.54, 1.807) is 29.9 Å². The van der Waals surface area contributed by atoms with Crippen LogP contribution >= 0.6 is 0 Å². The Morgan fingerprint density at radius 2 is 1.81 bits per heavy atom. The molecule has 1 aliphatic rings. The smallest absolute Gasteiger partial charge is 0.406 e. The monoisotopic (exact) mass is 468 g/mol. The SMILES string of the molecule is Cn1nc(-c2ccc(OC(F)(F)F)cc2)c2ccc(C(=O)NC3CN(S(C)(=O)=O)C3)cc21. The minimum Gasteiger partial charge on any atom is -0.406 e. The third-order valence-corrected chi connectivity index (χ3v) is 6.36. The highest BCUT2D eigenvalue weighted by atomic mass is 32.2. The molecule has 1 fully saturated rings. The van der Waals surface area contributed by atoms with Crippen LogP contribution in [0.15, 0.2) is 42.5 Å². The molecule has 2 aromatic carbocycles. The number of hydrogen-bond donors (Lipinski definition) is 1. The van der Waals surface area contributed by atoms with E-state index in [0.29, 0.717) is 22.3 Å². The van der Waals surface area contributed by atoms with Crippen molar-refractivity contribution < 1.29 is 31.1 Å². The normalized spacial score (nSPS) is 15.5. The summed E-state index contributed by atoms with van der Waals surface area (Å²) in [5.74, 6) is -0.660. The van der Waals surface area contributed by atoms with E-state index in [1.165, 1.54) is 28.6 Å². The first-order valence-corrected chi connectivity index (χ1v) is 11.3. The first kappa shape index (κ1) is 22.1. The Labute approximate surface area is 181 Å². The number of rotatable bonds is 5. The van der Waals surface area contributed by atoms with E-state index in [4.69, 9.17) is 0 Å². The lowest BCUT2D eigenvalue weighted by atomic mass is 10.1. The average Bonchev–Trinajstić information content (AvgIpc) is 2.98. The number of fused-ring (bicyclic) bond motifs is 1. The highest BCUT2D eigenvalue weighted by Crippen LogP contribution is 2.31. The van der Waals surface area contributed by atoms with Crippen molar-refractivity contribution in [2.24, 2.45) is 7.05 Å². The average molecular weight is 468 g/mol. The van der Waals surface area contributed by atoms with Gasteiger partial charge in [0.25, 0.3) is 5.91 Å². The first-order valence-electron chi connectivity index (χ1n) is 9.49. The molecule has 0 aliphatic carbocycles. The molecule has 0 radical (unpaired) electrons. The van der Waals surface area contributed by atoms with Crippen molar-refractivity contribution in [1.29, 1.82) is 0 Å². The third kappa shape index (κ3) is 4.55. The quantitative estimate of drug-likeness (QED) is 0.621. The molecule has 1 aromatic heterocycles. The number of nitrogens with zero attached hydrogens (tertiary/aromatic N) is 3. The van der Waals surface area contributed by atoms with Gasteiger partial charge in [0.05, 0.1) is 17.8 Å². The van der Waals surface area contributed by atoms with E-state index >= 15 is 0 Å². The van der Waals surface area contributed by atoms with Crippen molar-refractivity contribution in [3.05, 3.63) is 48.0 Å². The zero-order valence-electron chi connectivity index (χ0n) is 17.0. The van der Waals surface area contributed by atoms with E-state index in [-0.39, 0.29) is 30.8 Å². The van der Waals surface area contributed by atoms with Gasteiger partial charge in [0.1, 0.15) is 11.4 Å². The number of carbonyl (C=O) groups excluding carboxylic acids is 1. The van der Waals surface area contributed by atoms with E-state index in [0.717, 1.165) is 11.6 Å². The number of alkyl halides is 3. The van der Waals surface area contributed by atoms with Crippen LogP contribution in [-0.4, -0.2) is 60.2 Å². The van der Waals surface area contributed by atoms with Crippen molar-refractivity contribution in [2.75, 3.05) is 19.3 Å². The van der Waals surface area contributed by atoms with Crippen LogP contribution in [0.4, 0.5) is 13.2 Å². The fourth-order valence-electron chi connectivity index (χ4n) is 3.50. The summed E-state index contributed by atoms with van der Waals surface area (Å²) >= 11 is 0. The topological polar surface area (TPSA) is 93.5 Å². The lowest BCUT2D eigenvalue weighted by molar-refractivity contribution is -0.274. The molecule has 1 saturated heterocycles.